The molecule has 1 heterocycles. The van der Waals surface area contributed by atoms with Crippen molar-refractivity contribution in [2.24, 2.45) is 11.3 Å². The average Bonchev–Trinajstić information content (AvgIpc) is 3.10. The first-order chi connectivity index (χ1) is 8.38. The molecule has 2 fully saturated rings. The standard InChI is InChI=1S/C15H30N2O/c1-14(2,3)13-10-17(8-9-18-5)15(4,11-16-13)12-6-7-12/h12-13,16H,6-11H2,1-5H3. The summed E-state index contributed by atoms with van der Waals surface area (Å²) in [5.41, 5.74) is 0.677. The monoisotopic (exact) mass is 254 g/mol. The Bertz CT molecular complexity index is 283. The molecule has 1 aliphatic heterocycles. The molecule has 0 aromatic heterocycles. The molecule has 18 heavy (non-hydrogen) atoms. The van der Waals surface area contributed by atoms with Crippen molar-refractivity contribution in [3.8, 4) is 0 Å². The highest BCUT2D eigenvalue weighted by atomic mass is 16.5. The number of nitrogens with zero attached hydrogens (tertiary/aromatic N) is 1. The molecule has 0 spiro atoms. The van der Waals surface area contributed by atoms with Crippen molar-refractivity contribution >= 4 is 0 Å². The maximum atomic E-state index is 5.30. The van der Waals surface area contributed by atoms with Crippen LogP contribution in [0.25, 0.3) is 0 Å². The van der Waals surface area contributed by atoms with Crippen LogP contribution in [0, 0.1) is 11.3 Å². The van der Waals surface area contributed by atoms with Gasteiger partial charge in [0.05, 0.1) is 6.61 Å². The number of rotatable bonds is 4. The Morgan fingerprint density at radius 3 is 2.50 bits per heavy atom. The van der Waals surface area contributed by atoms with Crippen LogP contribution in [0.3, 0.4) is 0 Å². The van der Waals surface area contributed by atoms with E-state index < -0.39 is 0 Å². The van der Waals surface area contributed by atoms with Gasteiger partial charge in [-0.1, -0.05) is 20.8 Å². The van der Waals surface area contributed by atoms with Crippen LogP contribution >= 0.6 is 0 Å². The fourth-order valence-electron chi connectivity index (χ4n) is 3.17. The average molecular weight is 254 g/mol. The summed E-state index contributed by atoms with van der Waals surface area (Å²) in [5, 5.41) is 3.79. The van der Waals surface area contributed by atoms with Crippen LogP contribution in [0.15, 0.2) is 0 Å². The van der Waals surface area contributed by atoms with Gasteiger partial charge in [0.1, 0.15) is 0 Å². The van der Waals surface area contributed by atoms with Crippen molar-refractivity contribution in [1.29, 1.82) is 0 Å². The fraction of sp³-hybridized carbons (Fsp3) is 1.00. The second-order valence-electron chi connectivity index (χ2n) is 7.37. The number of hydrogen-bond donors (Lipinski definition) is 1. The van der Waals surface area contributed by atoms with Crippen molar-refractivity contribution in [2.45, 2.75) is 52.1 Å². The van der Waals surface area contributed by atoms with E-state index in [1.165, 1.54) is 12.8 Å². The lowest BCUT2D eigenvalue weighted by Crippen LogP contribution is -2.67. The highest BCUT2D eigenvalue weighted by molar-refractivity contribution is 5.06. The van der Waals surface area contributed by atoms with E-state index in [9.17, 15) is 0 Å². The van der Waals surface area contributed by atoms with Crippen LogP contribution < -0.4 is 5.32 Å². The number of hydrogen-bond acceptors (Lipinski definition) is 3. The molecule has 1 saturated carbocycles. The summed E-state index contributed by atoms with van der Waals surface area (Å²) in [6.45, 7) is 13.6. The predicted octanol–water partition coefficient (Wildman–Crippen LogP) is 2.12. The van der Waals surface area contributed by atoms with Crippen molar-refractivity contribution in [1.82, 2.24) is 10.2 Å². The third-order valence-electron chi connectivity index (χ3n) is 4.90. The lowest BCUT2D eigenvalue weighted by atomic mass is 9.81. The summed E-state index contributed by atoms with van der Waals surface area (Å²) in [7, 11) is 1.80. The molecule has 0 bridgehead atoms. The molecule has 3 nitrogen and oxygen atoms in total. The first kappa shape index (κ1) is 14.3. The van der Waals surface area contributed by atoms with E-state index in [0.29, 0.717) is 17.0 Å². The molecular formula is C15H30N2O. The van der Waals surface area contributed by atoms with Gasteiger partial charge in [-0.25, -0.2) is 0 Å². The van der Waals surface area contributed by atoms with Crippen LogP contribution in [0.4, 0.5) is 0 Å². The summed E-state index contributed by atoms with van der Waals surface area (Å²) in [6.07, 6.45) is 2.81. The van der Waals surface area contributed by atoms with Gasteiger partial charge in [0.15, 0.2) is 0 Å². The maximum Gasteiger partial charge on any atom is 0.0589 e. The SMILES string of the molecule is COCCN1CC(C(C)(C)C)NCC1(C)C1CC1. The molecular weight excluding hydrogens is 224 g/mol. The molecule has 0 radical (unpaired) electrons. The number of piperazine rings is 1. The molecule has 0 amide bonds. The van der Waals surface area contributed by atoms with Gasteiger partial charge in [0.2, 0.25) is 0 Å². The van der Waals surface area contributed by atoms with E-state index >= 15 is 0 Å². The smallest absolute Gasteiger partial charge is 0.0589 e. The molecule has 0 aromatic rings. The van der Waals surface area contributed by atoms with Gasteiger partial charge in [0, 0.05) is 38.3 Å². The quantitative estimate of drug-likeness (QED) is 0.832. The maximum absolute atomic E-state index is 5.30. The van der Waals surface area contributed by atoms with Crippen molar-refractivity contribution in [3.63, 3.8) is 0 Å². The van der Waals surface area contributed by atoms with Crippen LogP contribution in [-0.4, -0.2) is 49.8 Å². The second kappa shape index (κ2) is 5.10. The topological polar surface area (TPSA) is 24.5 Å². The van der Waals surface area contributed by atoms with Crippen LogP contribution in [-0.2, 0) is 4.74 Å². The van der Waals surface area contributed by atoms with Crippen LogP contribution in [0.2, 0.25) is 0 Å². The largest absolute Gasteiger partial charge is 0.383 e. The van der Waals surface area contributed by atoms with Crippen LogP contribution in [0.1, 0.15) is 40.5 Å². The van der Waals surface area contributed by atoms with Gasteiger partial charge in [-0.05, 0) is 31.1 Å². The van der Waals surface area contributed by atoms with Gasteiger partial charge >= 0.3 is 0 Å². The second-order valence-corrected chi connectivity index (χ2v) is 7.37. The molecule has 2 unspecified atom stereocenters. The van der Waals surface area contributed by atoms with E-state index in [1.54, 1.807) is 7.11 Å². The summed E-state index contributed by atoms with van der Waals surface area (Å²) in [6, 6.07) is 0.584. The lowest BCUT2D eigenvalue weighted by molar-refractivity contribution is -0.00453. The third kappa shape index (κ3) is 2.89. The van der Waals surface area contributed by atoms with Gasteiger partial charge in [-0.2, -0.15) is 0 Å². The highest BCUT2D eigenvalue weighted by Gasteiger charge is 2.49. The van der Waals surface area contributed by atoms with Crippen molar-refractivity contribution in [2.75, 3.05) is 33.4 Å². The summed E-state index contributed by atoms with van der Waals surface area (Å²) < 4.78 is 5.30. The van der Waals surface area contributed by atoms with Gasteiger partial charge < -0.3 is 10.1 Å². The summed E-state index contributed by atoms with van der Waals surface area (Å²) in [4.78, 5) is 2.68. The van der Waals surface area contributed by atoms with E-state index in [4.69, 9.17) is 4.74 Å². The number of ether oxygens (including phenoxy) is 1. The Morgan fingerprint density at radius 2 is 2.00 bits per heavy atom. The molecule has 2 aliphatic rings. The first-order valence-corrected chi connectivity index (χ1v) is 7.35. The minimum absolute atomic E-state index is 0.330. The molecule has 1 N–H and O–H groups in total. The minimum Gasteiger partial charge on any atom is -0.383 e. The Morgan fingerprint density at radius 1 is 1.33 bits per heavy atom. The first-order valence-electron chi connectivity index (χ1n) is 7.35. The van der Waals surface area contributed by atoms with E-state index in [-0.39, 0.29) is 0 Å². The highest BCUT2D eigenvalue weighted by Crippen LogP contribution is 2.44. The van der Waals surface area contributed by atoms with E-state index in [2.05, 4.69) is 37.9 Å². The number of nitrogens with one attached hydrogen (secondary N) is 1. The molecule has 1 saturated heterocycles. The van der Waals surface area contributed by atoms with E-state index in [0.717, 1.165) is 32.2 Å². The van der Waals surface area contributed by atoms with Gasteiger partial charge in [-0.15, -0.1) is 0 Å². The third-order valence-corrected chi connectivity index (χ3v) is 4.90. The summed E-state index contributed by atoms with van der Waals surface area (Å²) >= 11 is 0. The van der Waals surface area contributed by atoms with Crippen LogP contribution in [0.5, 0.6) is 0 Å². The fourth-order valence-corrected chi connectivity index (χ4v) is 3.17. The van der Waals surface area contributed by atoms with Gasteiger partial charge in [0.25, 0.3) is 0 Å². The molecule has 3 heteroatoms. The Balaban J connectivity index is 2.05. The molecule has 2 atom stereocenters. The molecule has 0 aromatic carbocycles. The van der Waals surface area contributed by atoms with Crippen molar-refractivity contribution in [3.05, 3.63) is 0 Å². The Hall–Kier alpha value is -0.120. The number of methoxy groups -OCH3 is 1. The lowest BCUT2D eigenvalue weighted by Gasteiger charge is -2.51. The Kier molecular flexibility index (Phi) is 4.05. The van der Waals surface area contributed by atoms with Crippen molar-refractivity contribution < 1.29 is 4.74 Å². The zero-order valence-electron chi connectivity index (χ0n) is 12.8. The molecule has 1 aliphatic carbocycles. The normalized spacial score (nSPS) is 34.8. The molecule has 2 rings (SSSR count). The summed E-state index contributed by atoms with van der Waals surface area (Å²) in [5.74, 6) is 0.891. The predicted molar refractivity (Wildman–Crippen MR) is 75.8 cm³/mol. The Labute approximate surface area is 112 Å². The zero-order valence-corrected chi connectivity index (χ0v) is 12.8. The van der Waals surface area contributed by atoms with Gasteiger partial charge in [-0.3, -0.25) is 4.90 Å². The van der Waals surface area contributed by atoms with E-state index in [1.807, 2.05) is 0 Å². The minimum atomic E-state index is 0.330. The zero-order chi connectivity index (χ0) is 13.4. The molecule has 106 valence electrons.